The van der Waals surface area contributed by atoms with Crippen molar-refractivity contribution >= 4 is 34.4 Å². The normalized spacial score (nSPS) is 15.4. The van der Waals surface area contributed by atoms with Crippen LogP contribution in [0.15, 0.2) is 61.4 Å². The van der Waals surface area contributed by atoms with Crippen LogP contribution in [0.5, 0.6) is 11.5 Å². The fraction of sp³-hybridized carbons (Fsp3) is 0.345. The fourth-order valence-electron chi connectivity index (χ4n) is 5.01. The molecule has 12 nitrogen and oxygen atoms in total. The SMILES string of the molecule is Cc1cc(Nc2ncnn3ccc(N4CCC(N(C)C(=O)OC(C)(C)C)C4)c23)ccc1Oc1ccn2ncnc2c1. The van der Waals surface area contributed by atoms with E-state index >= 15 is 0 Å². The van der Waals surface area contributed by atoms with Crippen LogP contribution in [0.1, 0.15) is 32.8 Å². The number of aryl methyl sites for hydroxylation is 1. The number of nitrogens with zero attached hydrogens (tertiary/aromatic N) is 8. The van der Waals surface area contributed by atoms with E-state index in [9.17, 15) is 4.79 Å². The molecule has 0 spiro atoms. The van der Waals surface area contributed by atoms with Crippen LogP contribution in [-0.4, -0.2) is 72.0 Å². The van der Waals surface area contributed by atoms with E-state index in [1.165, 1.54) is 12.7 Å². The molecular formula is C29H33N9O3. The third-order valence-electron chi connectivity index (χ3n) is 7.08. The van der Waals surface area contributed by atoms with Crippen molar-refractivity contribution in [1.29, 1.82) is 0 Å². The van der Waals surface area contributed by atoms with Crippen molar-refractivity contribution in [2.45, 2.75) is 45.8 Å². The average Bonchev–Trinajstić information content (AvgIpc) is 3.68. The molecule has 1 fully saturated rings. The number of anilines is 3. The standard InChI is InChI=1S/C29H33N9O3/c1-19-14-20(6-7-24(19)40-22-9-12-37-25(15-22)30-17-32-37)34-27-26-23(10-13-38(26)33-18-31-27)36-11-8-21(16-36)35(5)28(39)41-29(2,3)4/h6-7,9-10,12-15,17-18,21H,8,11,16H2,1-5H3,(H,31,33,34). The van der Waals surface area contributed by atoms with Crippen LogP contribution in [-0.2, 0) is 4.74 Å². The first-order valence-corrected chi connectivity index (χ1v) is 13.5. The number of rotatable bonds is 6. The number of benzene rings is 1. The van der Waals surface area contributed by atoms with E-state index in [-0.39, 0.29) is 12.1 Å². The first-order chi connectivity index (χ1) is 19.6. The molecule has 0 saturated carbocycles. The molecule has 1 unspecified atom stereocenters. The van der Waals surface area contributed by atoms with Gasteiger partial charge in [0.05, 0.1) is 11.7 Å². The zero-order chi connectivity index (χ0) is 28.7. The Labute approximate surface area is 237 Å². The zero-order valence-corrected chi connectivity index (χ0v) is 23.8. The molecule has 6 rings (SSSR count). The van der Waals surface area contributed by atoms with Crippen molar-refractivity contribution in [3.63, 3.8) is 0 Å². The van der Waals surface area contributed by atoms with Gasteiger partial charge in [0.15, 0.2) is 11.5 Å². The number of fused-ring (bicyclic) bond motifs is 2. The molecule has 1 aliphatic heterocycles. The predicted octanol–water partition coefficient (Wildman–Crippen LogP) is 5.06. The molecule has 5 aromatic rings. The lowest BCUT2D eigenvalue weighted by Gasteiger charge is -2.28. The number of pyridine rings is 1. The number of amides is 1. The molecule has 1 atom stereocenters. The summed E-state index contributed by atoms with van der Waals surface area (Å²) >= 11 is 0. The minimum absolute atomic E-state index is 0.0431. The van der Waals surface area contributed by atoms with Crippen molar-refractivity contribution in [3.05, 3.63) is 67.0 Å². The highest BCUT2D eigenvalue weighted by atomic mass is 16.6. The van der Waals surface area contributed by atoms with E-state index < -0.39 is 5.60 Å². The number of carbonyl (C=O) groups is 1. The zero-order valence-electron chi connectivity index (χ0n) is 23.8. The summed E-state index contributed by atoms with van der Waals surface area (Å²) < 4.78 is 15.2. The Bertz CT molecular complexity index is 1720. The van der Waals surface area contributed by atoms with Crippen LogP contribution in [0.2, 0.25) is 0 Å². The van der Waals surface area contributed by atoms with Crippen LogP contribution in [0, 0.1) is 6.92 Å². The highest BCUT2D eigenvalue weighted by Gasteiger charge is 2.32. The summed E-state index contributed by atoms with van der Waals surface area (Å²) in [5, 5.41) is 12.0. The van der Waals surface area contributed by atoms with Gasteiger partial charge in [-0.1, -0.05) is 0 Å². The predicted molar refractivity (Wildman–Crippen MR) is 155 cm³/mol. The lowest BCUT2D eigenvalue weighted by atomic mass is 10.2. The molecule has 1 saturated heterocycles. The number of nitrogens with one attached hydrogen (secondary N) is 1. The van der Waals surface area contributed by atoms with Gasteiger partial charge in [0, 0.05) is 44.3 Å². The average molecular weight is 556 g/mol. The number of carbonyl (C=O) groups excluding carboxylic acids is 1. The quantitative estimate of drug-likeness (QED) is 0.307. The highest BCUT2D eigenvalue weighted by molar-refractivity contribution is 5.86. The lowest BCUT2D eigenvalue weighted by molar-refractivity contribution is 0.0238. The summed E-state index contributed by atoms with van der Waals surface area (Å²) in [4.78, 5) is 25.4. The number of hydrogen-bond acceptors (Lipinski definition) is 9. The third-order valence-corrected chi connectivity index (χ3v) is 7.08. The van der Waals surface area contributed by atoms with Gasteiger partial charge in [0.25, 0.3) is 0 Å². The van der Waals surface area contributed by atoms with Crippen LogP contribution < -0.4 is 15.0 Å². The van der Waals surface area contributed by atoms with Crippen molar-refractivity contribution in [2.75, 3.05) is 30.4 Å². The van der Waals surface area contributed by atoms with Gasteiger partial charge < -0.3 is 24.6 Å². The lowest BCUT2D eigenvalue weighted by Crippen LogP contribution is -2.42. The monoisotopic (exact) mass is 555 g/mol. The van der Waals surface area contributed by atoms with Gasteiger partial charge in [-0.15, -0.1) is 0 Å². The summed E-state index contributed by atoms with van der Waals surface area (Å²) in [5.41, 5.74) is 3.90. The van der Waals surface area contributed by atoms with E-state index in [2.05, 4.69) is 30.4 Å². The van der Waals surface area contributed by atoms with Crippen molar-refractivity contribution in [2.24, 2.45) is 0 Å². The fourth-order valence-corrected chi connectivity index (χ4v) is 5.01. The molecular weight excluding hydrogens is 522 g/mol. The molecule has 4 aromatic heterocycles. The Kier molecular flexibility index (Phi) is 6.60. The van der Waals surface area contributed by atoms with Crippen molar-refractivity contribution < 1.29 is 14.3 Å². The molecule has 0 bridgehead atoms. The van der Waals surface area contributed by atoms with E-state index in [1.54, 1.807) is 16.5 Å². The minimum Gasteiger partial charge on any atom is -0.457 e. The molecule has 0 radical (unpaired) electrons. The van der Waals surface area contributed by atoms with Crippen molar-refractivity contribution in [3.8, 4) is 11.5 Å². The maximum Gasteiger partial charge on any atom is 0.410 e. The minimum atomic E-state index is -0.533. The van der Waals surface area contributed by atoms with Gasteiger partial charge in [-0.3, -0.25) is 0 Å². The van der Waals surface area contributed by atoms with Gasteiger partial charge in [0.2, 0.25) is 0 Å². The molecule has 5 heterocycles. The highest BCUT2D eigenvalue weighted by Crippen LogP contribution is 2.34. The van der Waals surface area contributed by atoms with Crippen LogP contribution in [0.25, 0.3) is 11.2 Å². The Morgan fingerprint density at radius 1 is 1.05 bits per heavy atom. The second-order valence-corrected chi connectivity index (χ2v) is 11.2. The summed E-state index contributed by atoms with van der Waals surface area (Å²) in [6, 6.07) is 11.7. The first kappa shape index (κ1) is 26.4. The second-order valence-electron chi connectivity index (χ2n) is 11.2. The van der Waals surface area contributed by atoms with Gasteiger partial charge in [-0.2, -0.15) is 10.2 Å². The van der Waals surface area contributed by atoms with E-state index in [0.29, 0.717) is 18.1 Å². The molecule has 1 N–H and O–H groups in total. The Balaban J connectivity index is 1.19. The second kappa shape index (κ2) is 10.3. The molecule has 41 heavy (non-hydrogen) atoms. The van der Waals surface area contributed by atoms with Gasteiger partial charge in [-0.05, 0) is 70.0 Å². The summed E-state index contributed by atoms with van der Waals surface area (Å²) in [6.45, 7) is 9.13. The molecule has 12 heteroatoms. The van der Waals surface area contributed by atoms with E-state index in [4.69, 9.17) is 9.47 Å². The van der Waals surface area contributed by atoms with Crippen LogP contribution >= 0.6 is 0 Å². The molecule has 212 valence electrons. The van der Waals surface area contributed by atoms with Gasteiger partial charge in [-0.25, -0.2) is 23.8 Å². The third kappa shape index (κ3) is 5.45. The molecule has 1 aromatic carbocycles. The van der Waals surface area contributed by atoms with E-state index in [1.807, 2.05) is 81.0 Å². The number of aromatic nitrogens is 6. The van der Waals surface area contributed by atoms with Crippen LogP contribution in [0.4, 0.5) is 22.0 Å². The van der Waals surface area contributed by atoms with E-state index in [0.717, 1.165) is 46.8 Å². The largest absolute Gasteiger partial charge is 0.457 e. The topological polar surface area (TPSA) is 114 Å². The molecule has 1 amide bonds. The number of likely N-dealkylation sites (N-methyl/N-ethyl adjacent to an activating group) is 1. The smallest absolute Gasteiger partial charge is 0.410 e. The number of ether oxygens (including phenoxy) is 2. The molecule has 0 aliphatic carbocycles. The summed E-state index contributed by atoms with van der Waals surface area (Å²) in [7, 11) is 1.80. The Morgan fingerprint density at radius 2 is 1.83 bits per heavy atom. The van der Waals surface area contributed by atoms with Crippen molar-refractivity contribution in [1.82, 2.24) is 34.1 Å². The first-order valence-electron chi connectivity index (χ1n) is 13.5. The number of hydrogen-bond donors (Lipinski definition) is 1. The Morgan fingerprint density at radius 3 is 2.63 bits per heavy atom. The summed E-state index contributed by atoms with van der Waals surface area (Å²) in [6.07, 6.45) is 7.32. The van der Waals surface area contributed by atoms with Crippen LogP contribution in [0.3, 0.4) is 0 Å². The van der Waals surface area contributed by atoms with Gasteiger partial charge in [0.1, 0.15) is 35.3 Å². The summed E-state index contributed by atoms with van der Waals surface area (Å²) in [5.74, 6) is 2.12. The maximum atomic E-state index is 12.6. The Hall–Kier alpha value is -4.87. The maximum absolute atomic E-state index is 12.6. The van der Waals surface area contributed by atoms with Gasteiger partial charge >= 0.3 is 6.09 Å². The molecule has 1 aliphatic rings.